The molecule has 0 unspecified atom stereocenters. The van der Waals surface area contributed by atoms with Gasteiger partial charge in [-0.25, -0.2) is 0 Å². The monoisotopic (exact) mass is 279 g/mol. The number of halogens is 4. The first-order chi connectivity index (χ1) is 6.91. The van der Waals surface area contributed by atoms with Gasteiger partial charge in [0.15, 0.2) is 0 Å². The van der Waals surface area contributed by atoms with Crippen molar-refractivity contribution in [2.75, 3.05) is 0 Å². The van der Waals surface area contributed by atoms with Gasteiger partial charge in [-0.1, -0.05) is 0 Å². The second-order valence-electron chi connectivity index (χ2n) is 3.05. The first kappa shape index (κ1) is 10.4. The Morgan fingerprint density at radius 2 is 2.00 bits per heavy atom. The third-order valence-electron chi connectivity index (χ3n) is 2.10. The van der Waals surface area contributed by atoms with Crippen LogP contribution in [0.4, 0.5) is 13.2 Å². The molecule has 2 aromatic rings. The summed E-state index contributed by atoms with van der Waals surface area (Å²) in [6, 6.07) is 0.985. The van der Waals surface area contributed by atoms with Gasteiger partial charge in [0.05, 0.1) is 10.0 Å². The minimum Gasteiger partial charge on any atom is -0.197 e. The van der Waals surface area contributed by atoms with E-state index >= 15 is 0 Å². The van der Waals surface area contributed by atoms with Crippen LogP contribution in [0.5, 0.6) is 0 Å². The molecule has 0 aliphatic heterocycles. The van der Waals surface area contributed by atoms with Crippen LogP contribution in [0.2, 0.25) is 0 Å². The summed E-state index contributed by atoms with van der Waals surface area (Å²) in [7, 11) is 0. The Morgan fingerprint density at radius 3 is 2.60 bits per heavy atom. The molecule has 15 heavy (non-hydrogen) atoms. The topological polar surface area (TPSA) is 41.6 Å². The molecule has 0 amide bonds. The van der Waals surface area contributed by atoms with E-state index in [1.165, 1.54) is 6.92 Å². The van der Waals surface area contributed by atoms with Gasteiger partial charge in [0.2, 0.25) is 0 Å². The quantitative estimate of drug-likeness (QED) is 0.805. The third kappa shape index (κ3) is 1.60. The van der Waals surface area contributed by atoms with E-state index in [1.807, 2.05) is 0 Å². The predicted octanol–water partition coefficient (Wildman–Crippen LogP) is 3.05. The van der Waals surface area contributed by atoms with Gasteiger partial charge >= 0.3 is 6.18 Å². The molecule has 1 aromatic carbocycles. The van der Waals surface area contributed by atoms with E-state index in [0.29, 0.717) is 9.99 Å². The molecular formula is C8H5BrF3N3. The van der Waals surface area contributed by atoms with Gasteiger partial charge in [-0.15, -0.1) is 0 Å². The van der Waals surface area contributed by atoms with Crippen LogP contribution in [0.15, 0.2) is 10.5 Å². The second-order valence-corrected chi connectivity index (χ2v) is 3.85. The highest BCUT2D eigenvalue weighted by Gasteiger charge is 2.34. The molecule has 0 bridgehead atoms. The van der Waals surface area contributed by atoms with E-state index in [4.69, 9.17) is 0 Å². The normalized spacial score (nSPS) is 12.3. The molecule has 0 fully saturated rings. The zero-order valence-electron chi connectivity index (χ0n) is 7.48. The number of hydrogen-bond donors (Lipinski definition) is 1. The predicted molar refractivity (Wildman–Crippen MR) is 51.3 cm³/mol. The maximum absolute atomic E-state index is 12.6. The number of nitrogens with zero attached hydrogens (tertiary/aromatic N) is 2. The number of aromatic nitrogens is 3. The fourth-order valence-corrected chi connectivity index (χ4v) is 1.84. The third-order valence-corrected chi connectivity index (χ3v) is 3.07. The molecule has 0 radical (unpaired) electrons. The number of alkyl halides is 3. The lowest BCUT2D eigenvalue weighted by Crippen LogP contribution is -2.07. The minimum atomic E-state index is -4.38. The fraction of sp³-hybridized carbons (Fsp3) is 0.250. The minimum absolute atomic E-state index is 0.115. The summed E-state index contributed by atoms with van der Waals surface area (Å²) in [5.74, 6) is 0. The molecule has 1 aromatic heterocycles. The first-order valence-electron chi connectivity index (χ1n) is 3.98. The number of benzene rings is 1. The number of nitrogens with one attached hydrogen (secondary N) is 1. The second kappa shape index (κ2) is 3.19. The molecule has 2 rings (SSSR count). The molecular weight excluding hydrogens is 275 g/mol. The van der Waals surface area contributed by atoms with E-state index in [-0.39, 0.29) is 11.1 Å². The largest absolute Gasteiger partial charge is 0.416 e. The number of fused-ring (bicyclic) bond motifs is 1. The van der Waals surface area contributed by atoms with Crippen LogP contribution in [-0.4, -0.2) is 15.4 Å². The smallest absolute Gasteiger partial charge is 0.197 e. The van der Waals surface area contributed by atoms with Crippen LogP contribution in [0.1, 0.15) is 11.1 Å². The van der Waals surface area contributed by atoms with Gasteiger partial charge in [0.1, 0.15) is 11.0 Å². The van der Waals surface area contributed by atoms with Crippen molar-refractivity contribution in [2.45, 2.75) is 13.1 Å². The molecule has 0 aliphatic carbocycles. The first-order valence-corrected chi connectivity index (χ1v) is 4.77. The highest BCUT2D eigenvalue weighted by Crippen LogP contribution is 2.37. The van der Waals surface area contributed by atoms with Crippen LogP contribution >= 0.6 is 15.9 Å². The summed E-state index contributed by atoms with van der Waals surface area (Å²) in [6.07, 6.45) is -4.38. The van der Waals surface area contributed by atoms with E-state index < -0.39 is 11.7 Å². The van der Waals surface area contributed by atoms with Gasteiger partial charge in [-0.3, -0.25) is 0 Å². The van der Waals surface area contributed by atoms with Crippen molar-refractivity contribution in [3.63, 3.8) is 0 Å². The number of H-pyrrole nitrogens is 1. The van der Waals surface area contributed by atoms with Crippen LogP contribution in [0.25, 0.3) is 11.0 Å². The van der Waals surface area contributed by atoms with E-state index in [9.17, 15) is 13.2 Å². The van der Waals surface area contributed by atoms with E-state index in [2.05, 4.69) is 31.3 Å². The van der Waals surface area contributed by atoms with Crippen molar-refractivity contribution < 1.29 is 13.2 Å². The fourth-order valence-electron chi connectivity index (χ4n) is 1.34. The molecule has 80 valence electrons. The van der Waals surface area contributed by atoms with Crippen LogP contribution in [-0.2, 0) is 6.18 Å². The average Bonchev–Trinajstić information content (AvgIpc) is 2.57. The summed E-state index contributed by atoms with van der Waals surface area (Å²) in [4.78, 5) is 0. The Balaban J connectivity index is 2.82. The maximum Gasteiger partial charge on any atom is 0.416 e. The summed E-state index contributed by atoms with van der Waals surface area (Å²) < 4.78 is 38.1. The SMILES string of the molecule is Cc1c(C(F)(F)F)cc2n[nH]nc2c1Br. The lowest BCUT2D eigenvalue weighted by molar-refractivity contribution is -0.138. The maximum atomic E-state index is 12.6. The molecule has 0 saturated carbocycles. The van der Waals surface area contributed by atoms with Crippen molar-refractivity contribution in [1.82, 2.24) is 15.4 Å². The van der Waals surface area contributed by atoms with Crippen molar-refractivity contribution >= 4 is 27.0 Å². The lowest BCUT2D eigenvalue weighted by atomic mass is 10.1. The summed E-state index contributed by atoms with van der Waals surface area (Å²) in [5.41, 5.74) is 0.0139. The Hall–Kier alpha value is -1.11. The van der Waals surface area contributed by atoms with Crippen molar-refractivity contribution in [1.29, 1.82) is 0 Å². The average molecular weight is 280 g/mol. The molecule has 0 aliphatic rings. The molecule has 1 N–H and O–H groups in total. The van der Waals surface area contributed by atoms with Crippen LogP contribution in [0, 0.1) is 6.92 Å². The van der Waals surface area contributed by atoms with Crippen LogP contribution in [0.3, 0.4) is 0 Å². The summed E-state index contributed by atoms with van der Waals surface area (Å²) in [6.45, 7) is 1.39. The molecule has 0 atom stereocenters. The zero-order chi connectivity index (χ0) is 11.2. The highest BCUT2D eigenvalue weighted by atomic mass is 79.9. The van der Waals surface area contributed by atoms with E-state index in [1.54, 1.807) is 0 Å². The molecule has 0 spiro atoms. The Morgan fingerprint density at radius 1 is 1.33 bits per heavy atom. The highest BCUT2D eigenvalue weighted by molar-refractivity contribution is 9.10. The van der Waals surface area contributed by atoms with Gasteiger partial charge in [0, 0.05) is 0 Å². The molecule has 1 heterocycles. The lowest BCUT2D eigenvalue weighted by Gasteiger charge is -2.11. The summed E-state index contributed by atoms with van der Waals surface area (Å²) in [5, 5.41) is 9.67. The van der Waals surface area contributed by atoms with Crippen molar-refractivity contribution in [2.24, 2.45) is 0 Å². The number of rotatable bonds is 0. The van der Waals surface area contributed by atoms with Gasteiger partial charge in [-0.2, -0.15) is 28.6 Å². The van der Waals surface area contributed by atoms with Crippen molar-refractivity contribution in [3.8, 4) is 0 Å². The van der Waals surface area contributed by atoms with E-state index in [0.717, 1.165) is 6.07 Å². The van der Waals surface area contributed by atoms with Gasteiger partial charge in [0.25, 0.3) is 0 Å². The Bertz CT molecular complexity index is 518. The molecule has 7 heteroatoms. The Labute approximate surface area is 90.8 Å². The molecule has 3 nitrogen and oxygen atoms in total. The van der Waals surface area contributed by atoms with Crippen molar-refractivity contribution in [3.05, 3.63) is 21.7 Å². The summed E-state index contributed by atoms with van der Waals surface area (Å²) >= 11 is 3.08. The van der Waals surface area contributed by atoms with Crippen LogP contribution < -0.4 is 0 Å². The number of hydrogen-bond acceptors (Lipinski definition) is 2. The van der Waals surface area contributed by atoms with Gasteiger partial charge < -0.3 is 0 Å². The zero-order valence-corrected chi connectivity index (χ0v) is 9.07. The Kier molecular flexibility index (Phi) is 2.22. The standard InChI is InChI=1S/C8H5BrF3N3/c1-3-4(8(10,11)12)2-5-7(6(3)9)14-15-13-5/h2H,1H3,(H,13,14,15). The van der Waals surface area contributed by atoms with Gasteiger partial charge in [-0.05, 0) is 34.5 Å². The molecule has 0 saturated heterocycles. The number of aromatic amines is 1.